The molecule has 1 amide bonds. The molecule has 192 valence electrons. The maximum Gasteiger partial charge on any atom is 0.335 e. The summed E-state index contributed by atoms with van der Waals surface area (Å²) >= 11 is 0. The first-order valence-corrected chi connectivity index (χ1v) is 12.2. The summed E-state index contributed by atoms with van der Waals surface area (Å²) in [5.41, 5.74) is 4.59. The molecule has 1 aliphatic heterocycles. The van der Waals surface area contributed by atoms with E-state index < -0.39 is 18.0 Å². The van der Waals surface area contributed by atoms with Crippen molar-refractivity contribution in [3.63, 3.8) is 0 Å². The molecule has 0 fully saturated rings. The van der Waals surface area contributed by atoms with E-state index in [-0.39, 0.29) is 17.3 Å². The van der Waals surface area contributed by atoms with E-state index in [2.05, 4.69) is 5.32 Å². The molecule has 1 aliphatic rings. The maximum absolute atomic E-state index is 13.5. The van der Waals surface area contributed by atoms with Crippen molar-refractivity contribution in [3.8, 4) is 22.6 Å². The Balaban J connectivity index is 1.55. The van der Waals surface area contributed by atoms with Crippen molar-refractivity contribution in [2.75, 3.05) is 7.05 Å². The zero-order valence-electron chi connectivity index (χ0n) is 20.9. The third-order valence-corrected chi connectivity index (χ3v) is 6.78. The molecule has 0 aromatic heterocycles. The molecule has 0 spiro atoms. The number of hydrogen-bond donors (Lipinski definition) is 2. The number of benzene rings is 4. The number of aromatic carboxylic acids is 1. The number of nitrogens with one attached hydrogen (secondary N) is 1. The summed E-state index contributed by atoms with van der Waals surface area (Å²) in [6.07, 6.45) is -0.628. The van der Waals surface area contributed by atoms with Gasteiger partial charge in [-0.3, -0.25) is 4.79 Å². The zero-order valence-corrected chi connectivity index (χ0v) is 20.9. The van der Waals surface area contributed by atoms with Crippen LogP contribution < -0.4 is 14.8 Å². The molecule has 7 heteroatoms. The molecule has 0 aliphatic carbocycles. The van der Waals surface area contributed by atoms with Crippen molar-refractivity contribution in [3.05, 3.63) is 119 Å². The van der Waals surface area contributed by atoms with Crippen LogP contribution in [0.2, 0.25) is 0 Å². The lowest BCUT2D eigenvalue weighted by Gasteiger charge is -2.18. The van der Waals surface area contributed by atoms with E-state index in [9.17, 15) is 19.1 Å². The topological polar surface area (TPSA) is 84.9 Å². The van der Waals surface area contributed by atoms with Gasteiger partial charge in [0.2, 0.25) is 5.91 Å². The van der Waals surface area contributed by atoms with Gasteiger partial charge in [-0.1, -0.05) is 48.5 Å². The van der Waals surface area contributed by atoms with Gasteiger partial charge >= 0.3 is 5.97 Å². The third kappa shape index (κ3) is 4.83. The van der Waals surface area contributed by atoms with E-state index >= 15 is 0 Å². The van der Waals surface area contributed by atoms with Crippen LogP contribution in [0.15, 0.2) is 84.9 Å². The second-order valence-corrected chi connectivity index (χ2v) is 9.16. The first kappa shape index (κ1) is 25.0. The standard InChI is InChI=1S/C31H26FNO5/c1-18-24(15-22(31(35)36)16-27(18)37-17-19-6-4-3-5-7-19)21-10-13-26-25(14-21)28(30(34)33-2)29(38-26)20-8-11-23(32)12-9-20/h3-16,28-29H,17H2,1-2H3,(H,33,34)(H,35,36). The molecular formula is C31H26FNO5. The quantitative estimate of drug-likeness (QED) is 0.316. The molecule has 5 rings (SSSR count). The summed E-state index contributed by atoms with van der Waals surface area (Å²) < 4.78 is 25.7. The number of carboxylic acid groups (broad SMARTS) is 1. The Bertz CT molecular complexity index is 1500. The van der Waals surface area contributed by atoms with Crippen LogP contribution >= 0.6 is 0 Å². The average Bonchev–Trinajstić information content (AvgIpc) is 3.31. The van der Waals surface area contributed by atoms with Gasteiger partial charge in [-0.05, 0) is 71.1 Å². The van der Waals surface area contributed by atoms with Crippen LogP contribution in [0.1, 0.15) is 44.6 Å². The number of carboxylic acids is 1. The molecule has 1 heterocycles. The molecule has 38 heavy (non-hydrogen) atoms. The van der Waals surface area contributed by atoms with Crippen molar-refractivity contribution < 1.29 is 28.6 Å². The van der Waals surface area contributed by atoms with Crippen LogP contribution in [0.4, 0.5) is 4.39 Å². The molecule has 4 aromatic rings. The second kappa shape index (κ2) is 10.4. The maximum atomic E-state index is 13.5. The monoisotopic (exact) mass is 511 g/mol. The molecule has 0 bridgehead atoms. The summed E-state index contributed by atoms with van der Waals surface area (Å²) in [5.74, 6) is -1.34. The van der Waals surface area contributed by atoms with Crippen LogP contribution in [0.3, 0.4) is 0 Å². The normalized spacial score (nSPS) is 15.9. The van der Waals surface area contributed by atoms with Crippen LogP contribution in [-0.4, -0.2) is 24.0 Å². The fourth-order valence-electron chi connectivity index (χ4n) is 4.78. The Morgan fingerprint density at radius 1 is 1.00 bits per heavy atom. The van der Waals surface area contributed by atoms with Crippen molar-refractivity contribution >= 4 is 11.9 Å². The summed E-state index contributed by atoms with van der Waals surface area (Å²) in [7, 11) is 1.56. The lowest BCUT2D eigenvalue weighted by Crippen LogP contribution is -2.28. The average molecular weight is 512 g/mol. The minimum atomic E-state index is -1.07. The first-order valence-electron chi connectivity index (χ1n) is 12.2. The van der Waals surface area contributed by atoms with Crippen LogP contribution in [0, 0.1) is 12.7 Å². The van der Waals surface area contributed by atoms with Crippen molar-refractivity contribution in [1.82, 2.24) is 5.32 Å². The number of likely N-dealkylation sites (N-methyl/N-ethyl adjacent to an activating group) is 1. The second-order valence-electron chi connectivity index (χ2n) is 9.16. The fraction of sp³-hybridized carbons (Fsp3) is 0.161. The SMILES string of the molecule is CNC(=O)C1c2cc(-c3cc(C(=O)O)cc(OCc4ccccc4)c3C)ccc2OC1c1ccc(F)cc1. The van der Waals surface area contributed by atoms with E-state index in [0.717, 1.165) is 16.7 Å². The molecule has 4 aromatic carbocycles. The van der Waals surface area contributed by atoms with E-state index in [1.807, 2.05) is 49.4 Å². The highest BCUT2D eigenvalue weighted by atomic mass is 19.1. The third-order valence-electron chi connectivity index (χ3n) is 6.78. The highest BCUT2D eigenvalue weighted by molar-refractivity contribution is 5.92. The minimum absolute atomic E-state index is 0.0949. The Labute approximate surface area is 219 Å². The molecule has 2 atom stereocenters. The largest absolute Gasteiger partial charge is 0.489 e. The molecule has 2 N–H and O–H groups in total. The van der Waals surface area contributed by atoms with Gasteiger partial charge in [0.05, 0.1) is 5.56 Å². The number of amides is 1. The van der Waals surface area contributed by atoms with Gasteiger partial charge < -0.3 is 19.9 Å². The van der Waals surface area contributed by atoms with Gasteiger partial charge in [-0.25, -0.2) is 9.18 Å². The fourth-order valence-corrected chi connectivity index (χ4v) is 4.78. The predicted molar refractivity (Wildman–Crippen MR) is 141 cm³/mol. The molecule has 0 saturated heterocycles. The first-order chi connectivity index (χ1) is 18.4. The van der Waals surface area contributed by atoms with E-state index in [0.29, 0.717) is 34.8 Å². The van der Waals surface area contributed by atoms with Gasteiger partial charge in [0, 0.05) is 12.6 Å². The van der Waals surface area contributed by atoms with Crippen LogP contribution in [0.5, 0.6) is 11.5 Å². The van der Waals surface area contributed by atoms with Gasteiger partial charge in [-0.15, -0.1) is 0 Å². The van der Waals surface area contributed by atoms with Gasteiger partial charge in [-0.2, -0.15) is 0 Å². The van der Waals surface area contributed by atoms with Crippen molar-refractivity contribution in [1.29, 1.82) is 0 Å². The summed E-state index contributed by atoms with van der Waals surface area (Å²) in [4.78, 5) is 25.0. The number of rotatable bonds is 7. The Hall–Kier alpha value is -4.65. The molecular weight excluding hydrogens is 485 g/mol. The van der Waals surface area contributed by atoms with Crippen LogP contribution in [0.25, 0.3) is 11.1 Å². The minimum Gasteiger partial charge on any atom is -0.489 e. The summed E-state index contributed by atoms with van der Waals surface area (Å²) in [5, 5.41) is 12.5. The summed E-state index contributed by atoms with van der Waals surface area (Å²) in [6, 6.07) is 24.1. The number of hydrogen-bond acceptors (Lipinski definition) is 4. The highest BCUT2D eigenvalue weighted by Gasteiger charge is 2.40. The highest BCUT2D eigenvalue weighted by Crippen LogP contribution is 2.48. The smallest absolute Gasteiger partial charge is 0.335 e. The molecule has 2 unspecified atom stereocenters. The number of carbonyl (C=O) groups excluding carboxylic acids is 1. The van der Waals surface area contributed by atoms with Gasteiger partial charge in [0.15, 0.2) is 0 Å². The Morgan fingerprint density at radius 2 is 1.74 bits per heavy atom. The molecule has 0 radical (unpaired) electrons. The Morgan fingerprint density at radius 3 is 2.42 bits per heavy atom. The lowest BCUT2D eigenvalue weighted by atomic mass is 9.88. The number of fused-ring (bicyclic) bond motifs is 1. The number of halogens is 1. The van der Waals surface area contributed by atoms with Gasteiger partial charge in [0.25, 0.3) is 0 Å². The van der Waals surface area contributed by atoms with E-state index in [4.69, 9.17) is 9.47 Å². The predicted octanol–water partition coefficient (Wildman–Crippen LogP) is 6.04. The number of carbonyl (C=O) groups is 2. The number of ether oxygens (including phenoxy) is 2. The van der Waals surface area contributed by atoms with E-state index in [1.165, 1.54) is 18.2 Å². The lowest BCUT2D eigenvalue weighted by molar-refractivity contribution is -0.123. The van der Waals surface area contributed by atoms with Crippen LogP contribution in [-0.2, 0) is 11.4 Å². The Kier molecular flexibility index (Phi) is 6.83. The van der Waals surface area contributed by atoms with E-state index in [1.54, 1.807) is 31.3 Å². The van der Waals surface area contributed by atoms with Crippen molar-refractivity contribution in [2.45, 2.75) is 25.6 Å². The molecule has 6 nitrogen and oxygen atoms in total. The molecule has 0 saturated carbocycles. The van der Waals surface area contributed by atoms with Gasteiger partial charge in [0.1, 0.15) is 35.9 Å². The van der Waals surface area contributed by atoms with Crippen molar-refractivity contribution in [2.24, 2.45) is 0 Å². The summed E-state index contributed by atoms with van der Waals surface area (Å²) in [6.45, 7) is 2.17. The zero-order chi connectivity index (χ0) is 26.8.